The van der Waals surface area contributed by atoms with Gasteiger partial charge in [0.15, 0.2) is 0 Å². The average Bonchev–Trinajstić information content (AvgIpc) is 2.96. The van der Waals surface area contributed by atoms with E-state index >= 15 is 0 Å². The van der Waals surface area contributed by atoms with Crippen LogP contribution in [-0.2, 0) is 17.6 Å². The number of nitrogens with two attached hydrogens (primary N) is 1. The van der Waals surface area contributed by atoms with Gasteiger partial charge in [-0.2, -0.15) is 0 Å². The molecule has 1 aromatic heterocycles. The molecule has 0 aliphatic rings. The van der Waals surface area contributed by atoms with Crippen LogP contribution >= 0.6 is 11.3 Å². The summed E-state index contributed by atoms with van der Waals surface area (Å²) in [5, 5.41) is 2.75. The third-order valence-corrected chi connectivity index (χ3v) is 4.91. The van der Waals surface area contributed by atoms with Crippen LogP contribution in [0.5, 0.6) is 0 Å². The van der Waals surface area contributed by atoms with Gasteiger partial charge in [0.1, 0.15) is 6.04 Å². The summed E-state index contributed by atoms with van der Waals surface area (Å²) < 4.78 is 0. The summed E-state index contributed by atoms with van der Waals surface area (Å²) in [5.74, 6) is -0.815. The normalized spacial score (nSPS) is 11.9. The lowest BCUT2D eigenvalue weighted by Crippen LogP contribution is -2.37. The van der Waals surface area contributed by atoms with Gasteiger partial charge >= 0.3 is 0 Å². The average molecular weight is 330 g/mol. The highest BCUT2D eigenvalue weighted by atomic mass is 32.1. The van der Waals surface area contributed by atoms with Gasteiger partial charge in [-0.15, -0.1) is 11.3 Å². The summed E-state index contributed by atoms with van der Waals surface area (Å²) in [6.45, 7) is 4.20. The lowest BCUT2D eigenvalue weighted by Gasteiger charge is -2.15. The van der Waals surface area contributed by atoms with Crippen molar-refractivity contribution in [2.24, 2.45) is 5.73 Å². The summed E-state index contributed by atoms with van der Waals surface area (Å²) in [5.41, 5.74) is 7.35. The maximum Gasteiger partial charge on any atom is 0.262 e. The molecule has 1 heterocycles. The molecule has 0 fully saturated rings. The Morgan fingerprint density at radius 3 is 2.48 bits per heavy atom. The van der Waals surface area contributed by atoms with Crippen molar-refractivity contribution >= 4 is 23.2 Å². The molecule has 0 saturated carbocycles. The number of thiophene rings is 1. The summed E-state index contributed by atoms with van der Waals surface area (Å²) in [6.07, 6.45) is 2.92. The molecule has 5 heteroatoms. The fourth-order valence-electron chi connectivity index (χ4n) is 2.48. The second-order valence-corrected chi connectivity index (χ2v) is 6.52. The minimum atomic E-state index is -0.814. The molecule has 122 valence electrons. The van der Waals surface area contributed by atoms with Crippen LogP contribution in [0.4, 0.5) is 0 Å². The van der Waals surface area contributed by atoms with Crippen LogP contribution in [0.1, 0.15) is 52.0 Å². The molecule has 2 aromatic rings. The monoisotopic (exact) mass is 330 g/mol. The molecule has 0 spiro atoms. The van der Waals surface area contributed by atoms with Gasteiger partial charge in [-0.25, -0.2) is 0 Å². The van der Waals surface area contributed by atoms with Crippen LogP contribution in [0.2, 0.25) is 0 Å². The van der Waals surface area contributed by atoms with E-state index in [-0.39, 0.29) is 5.91 Å². The Balaban J connectivity index is 2.21. The Morgan fingerprint density at radius 2 is 1.91 bits per heavy atom. The summed E-state index contributed by atoms with van der Waals surface area (Å²) in [7, 11) is 0. The SMILES string of the molecule is CCCc1sc(C(=O)NC(C(N)=O)c2ccccc2)cc1CC. The van der Waals surface area contributed by atoms with Crippen molar-refractivity contribution < 1.29 is 9.59 Å². The third kappa shape index (κ3) is 4.20. The van der Waals surface area contributed by atoms with Crippen molar-refractivity contribution in [3.8, 4) is 0 Å². The molecule has 0 aliphatic carbocycles. The number of aryl methyl sites for hydroxylation is 2. The highest BCUT2D eigenvalue weighted by Crippen LogP contribution is 2.25. The smallest absolute Gasteiger partial charge is 0.262 e. The zero-order valence-corrected chi connectivity index (χ0v) is 14.3. The molecule has 1 atom stereocenters. The second-order valence-electron chi connectivity index (χ2n) is 5.38. The van der Waals surface area contributed by atoms with Crippen molar-refractivity contribution in [3.05, 3.63) is 57.3 Å². The number of carbonyl (C=O) groups is 2. The van der Waals surface area contributed by atoms with Crippen molar-refractivity contribution in [2.75, 3.05) is 0 Å². The van der Waals surface area contributed by atoms with E-state index in [4.69, 9.17) is 5.73 Å². The molecule has 1 aromatic carbocycles. The van der Waals surface area contributed by atoms with Crippen molar-refractivity contribution in [1.82, 2.24) is 5.32 Å². The van der Waals surface area contributed by atoms with E-state index in [2.05, 4.69) is 19.2 Å². The van der Waals surface area contributed by atoms with E-state index < -0.39 is 11.9 Å². The maximum absolute atomic E-state index is 12.5. The van der Waals surface area contributed by atoms with Crippen LogP contribution < -0.4 is 11.1 Å². The van der Waals surface area contributed by atoms with Crippen LogP contribution in [-0.4, -0.2) is 11.8 Å². The number of carbonyl (C=O) groups excluding carboxylic acids is 2. The zero-order valence-electron chi connectivity index (χ0n) is 13.5. The van der Waals surface area contributed by atoms with Gasteiger partial charge in [0, 0.05) is 4.88 Å². The molecule has 2 rings (SSSR count). The predicted molar refractivity (Wildman–Crippen MR) is 93.5 cm³/mol. The summed E-state index contributed by atoms with van der Waals surface area (Å²) in [4.78, 5) is 26.1. The number of amides is 2. The maximum atomic E-state index is 12.5. The summed E-state index contributed by atoms with van der Waals surface area (Å²) >= 11 is 1.50. The van der Waals surface area contributed by atoms with E-state index in [9.17, 15) is 9.59 Å². The number of benzene rings is 1. The largest absolute Gasteiger partial charge is 0.368 e. The van der Waals surface area contributed by atoms with Gasteiger partial charge in [-0.1, -0.05) is 50.6 Å². The molecular formula is C18H22N2O2S. The number of hydrogen-bond donors (Lipinski definition) is 2. The minimum Gasteiger partial charge on any atom is -0.368 e. The van der Waals surface area contributed by atoms with Crippen molar-refractivity contribution in [2.45, 2.75) is 39.2 Å². The van der Waals surface area contributed by atoms with E-state index in [1.54, 1.807) is 12.1 Å². The first-order valence-electron chi connectivity index (χ1n) is 7.83. The van der Waals surface area contributed by atoms with Gasteiger partial charge in [0.2, 0.25) is 5.91 Å². The third-order valence-electron chi connectivity index (χ3n) is 3.67. The Kier molecular flexibility index (Phi) is 5.93. The van der Waals surface area contributed by atoms with Crippen LogP contribution in [0.15, 0.2) is 36.4 Å². The molecule has 0 aliphatic heterocycles. The van der Waals surface area contributed by atoms with E-state index in [1.165, 1.54) is 21.8 Å². The highest BCUT2D eigenvalue weighted by Gasteiger charge is 2.22. The van der Waals surface area contributed by atoms with Crippen molar-refractivity contribution in [1.29, 1.82) is 0 Å². The Bertz CT molecular complexity index is 680. The van der Waals surface area contributed by atoms with Gasteiger partial charge in [-0.05, 0) is 30.0 Å². The van der Waals surface area contributed by atoms with Gasteiger partial charge < -0.3 is 11.1 Å². The van der Waals surface area contributed by atoms with Gasteiger partial charge in [-0.3, -0.25) is 9.59 Å². The first-order valence-corrected chi connectivity index (χ1v) is 8.65. The van der Waals surface area contributed by atoms with Gasteiger partial charge in [0.25, 0.3) is 5.91 Å². The molecule has 0 saturated heterocycles. The topological polar surface area (TPSA) is 72.2 Å². The Hall–Kier alpha value is -2.14. The van der Waals surface area contributed by atoms with E-state index in [0.717, 1.165) is 19.3 Å². The molecular weight excluding hydrogens is 308 g/mol. The van der Waals surface area contributed by atoms with Crippen LogP contribution in [0, 0.1) is 0 Å². The van der Waals surface area contributed by atoms with Crippen LogP contribution in [0.3, 0.4) is 0 Å². The van der Waals surface area contributed by atoms with E-state index in [0.29, 0.717) is 10.4 Å². The first kappa shape index (κ1) is 17.2. The lowest BCUT2D eigenvalue weighted by atomic mass is 10.1. The van der Waals surface area contributed by atoms with Gasteiger partial charge in [0.05, 0.1) is 4.88 Å². The number of primary amides is 1. The molecule has 23 heavy (non-hydrogen) atoms. The number of rotatable bonds is 7. The fraction of sp³-hybridized carbons (Fsp3) is 0.333. The second kappa shape index (κ2) is 7.92. The highest BCUT2D eigenvalue weighted by molar-refractivity contribution is 7.14. The summed E-state index contributed by atoms with van der Waals surface area (Å²) in [6, 6.07) is 10.2. The Labute approximate surface area is 140 Å². The number of nitrogens with one attached hydrogen (secondary N) is 1. The molecule has 4 nitrogen and oxygen atoms in total. The zero-order chi connectivity index (χ0) is 16.8. The fourth-order valence-corrected chi connectivity index (χ4v) is 3.74. The lowest BCUT2D eigenvalue weighted by molar-refractivity contribution is -0.120. The molecule has 1 unspecified atom stereocenters. The minimum absolute atomic E-state index is 0.250. The molecule has 0 radical (unpaired) electrons. The Morgan fingerprint density at radius 1 is 1.22 bits per heavy atom. The number of hydrogen-bond acceptors (Lipinski definition) is 3. The van der Waals surface area contributed by atoms with E-state index in [1.807, 2.05) is 24.3 Å². The molecule has 3 N–H and O–H groups in total. The molecule has 0 bridgehead atoms. The first-order chi connectivity index (χ1) is 11.1. The standard InChI is InChI=1S/C18H22N2O2S/c1-3-8-14-12(4-2)11-15(23-14)18(22)20-16(17(19)21)13-9-6-5-7-10-13/h5-7,9-11,16H,3-4,8H2,1-2H3,(H2,19,21)(H,20,22). The quantitative estimate of drug-likeness (QED) is 0.818. The molecule has 2 amide bonds. The predicted octanol–water partition coefficient (Wildman–Crippen LogP) is 3.22. The van der Waals surface area contributed by atoms with Crippen LogP contribution in [0.25, 0.3) is 0 Å². The van der Waals surface area contributed by atoms with Crippen molar-refractivity contribution in [3.63, 3.8) is 0 Å².